The lowest BCUT2D eigenvalue weighted by molar-refractivity contribution is -0.123. The highest BCUT2D eigenvalue weighted by Gasteiger charge is 2.12. The molecule has 0 radical (unpaired) electrons. The number of benzene rings is 2. The van der Waals surface area contributed by atoms with Gasteiger partial charge in [0, 0.05) is 5.56 Å². The first kappa shape index (κ1) is 24.2. The molecule has 2 aromatic carbocycles. The van der Waals surface area contributed by atoms with E-state index in [0.29, 0.717) is 39.6 Å². The SMILES string of the molecule is CCOC(=O)c1ccc(OCC(=O)NNC(=O)c2ccc(OCC(C)C)c(Br)c2)cc1. The Morgan fingerprint density at radius 2 is 1.65 bits per heavy atom. The molecule has 2 rings (SSSR count). The van der Waals surface area contributed by atoms with Crippen molar-refractivity contribution in [1.82, 2.24) is 10.9 Å². The van der Waals surface area contributed by atoms with Gasteiger partial charge >= 0.3 is 5.97 Å². The topological polar surface area (TPSA) is 103 Å². The zero-order chi connectivity index (χ0) is 22.8. The van der Waals surface area contributed by atoms with E-state index in [9.17, 15) is 14.4 Å². The Labute approximate surface area is 189 Å². The van der Waals surface area contributed by atoms with Crippen LogP contribution in [-0.4, -0.2) is 37.6 Å². The summed E-state index contributed by atoms with van der Waals surface area (Å²) in [5.74, 6) is -0.0439. The van der Waals surface area contributed by atoms with Gasteiger partial charge in [-0.15, -0.1) is 0 Å². The van der Waals surface area contributed by atoms with Crippen LogP contribution in [-0.2, 0) is 9.53 Å². The van der Waals surface area contributed by atoms with E-state index in [1.54, 1.807) is 49.4 Å². The van der Waals surface area contributed by atoms with Gasteiger partial charge in [-0.3, -0.25) is 20.4 Å². The number of halogens is 1. The second-order valence-electron chi connectivity index (χ2n) is 6.89. The van der Waals surface area contributed by atoms with Crippen LogP contribution in [0.25, 0.3) is 0 Å². The number of ether oxygens (including phenoxy) is 3. The minimum Gasteiger partial charge on any atom is -0.492 e. The first-order valence-corrected chi connectivity index (χ1v) is 10.5. The van der Waals surface area contributed by atoms with E-state index in [2.05, 4.69) is 26.8 Å². The van der Waals surface area contributed by atoms with Gasteiger partial charge in [0.05, 0.1) is 23.2 Å². The molecule has 0 atom stereocenters. The highest BCUT2D eigenvalue weighted by atomic mass is 79.9. The molecule has 0 aliphatic carbocycles. The Hall–Kier alpha value is -3.07. The minimum atomic E-state index is -0.543. The lowest BCUT2D eigenvalue weighted by atomic mass is 10.2. The summed E-state index contributed by atoms with van der Waals surface area (Å²) >= 11 is 3.38. The Morgan fingerprint density at radius 1 is 0.968 bits per heavy atom. The number of hydrazine groups is 1. The molecule has 0 aromatic heterocycles. The predicted molar refractivity (Wildman–Crippen MR) is 118 cm³/mol. The van der Waals surface area contributed by atoms with Crippen LogP contribution in [0.4, 0.5) is 0 Å². The van der Waals surface area contributed by atoms with Crippen molar-refractivity contribution >= 4 is 33.7 Å². The maximum atomic E-state index is 12.2. The number of rotatable bonds is 9. The van der Waals surface area contributed by atoms with E-state index >= 15 is 0 Å². The fraction of sp³-hybridized carbons (Fsp3) is 0.318. The number of esters is 1. The van der Waals surface area contributed by atoms with Gasteiger partial charge in [-0.05, 0) is 71.2 Å². The highest BCUT2D eigenvalue weighted by molar-refractivity contribution is 9.10. The Balaban J connectivity index is 1.79. The summed E-state index contributed by atoms with van der Waals surface area (Å²) < 4.78 is 16.5. The van der Waals surface area contributed by atoms with Crippen LogP contribution in [0.2, 0.25) is 0 Å². The van der Waals surface area contributed by atoms with Gasteiger partial charge in [0.2, 0.25) is 0 Å². The molecule has 2 aromatic rings. The van der Waals surface area contributed by atoms with Crippen molar-refractivity contribution in [1.29, 1.82) is 0 Å². The molecule has 0 unspecified atom stereocenters. The van der Waals surface area contributed by atoms with Crippen LogP contribution in [0.1, 0.15) is 41.5 Å². The second-order valence-corrected chi connectivity index (χ2v) is 7.74. The molecular weight excluding hydrogens is 468 g/mol. The van der Waals surface area contributed by atoms with Crippen molar-refractivity contribution in [3.8, 4) is 11.5 Å². The third-order valence-corrected chi connectivity index (χ3v) is 4.44. The van der Waals surface area contributed by atoms with Crippen LogP contribution in [0.5, 0.6) is 11.5 Å². The van der Waals surface area contributed by atoms with Crippen molar-refractivity contribution in [2.45, 2.75) is 20.8 Å². The zero-order valence-corrected chi connectivity index (χ0v) is 19.2. The van der Waals surface area contributed by atoms with Crippen LogP contribution in [0.15, 0.2) is 46.9 Å². The minimum absolute atomic E-state index is 0.288. The molecule has 31 heavy (non-hydrogen) atoms. The molecule has 2 N–H and O–H groups in total. The number of hydrogen-bond acceptors (Lipinski definition) is 6. The van der Waals surface area contributed by atoms with Crippen molar-refractivity contribution in [2.75, 3.05) is 19.8 Å². The largest absolute Gasteiger partial charge is 0.492 e. The van der Waals surface area contributed by atoms with Crippen molar-refractivity contribution < 1.29 is 28.6 Å². The molecule has 0 aliphatic rings. The molecule has 0 heterocycles. The second kappa shape index (κ2) is 11.9. The summed E-state index contributed by atoms with van der Waals surface area (Å²) in [4.78, 5) is 35.8. The monoisotopic (exact) mass is 492 g/mol. The lowest BCUT2D eigenvalue weighted by Crippen LogP contribution is -2.43. The van der Waals surface area contributed by atoms with Crippen LogP contribution >= 0.6 is 15.9 Å². The standard InChI is InChI=1S/C22H25BrN2O6/c1-4-29-22(28)15-5-8-17(9-6-15)30-13-20(26)24-25-21(27)16-7-10-19(18(23)11-16)31-12-14(2)3/h5-11,14H,4,12-13H2,1-3H3,(H,24,26)(H,25,27). The van der Waals surface area contributed by atoms with E-state index in [1.165, 1.54) is 0 Å². The Bertz CT molecular complexity index is 915. The molecular formula is C22H25BrN2O6. The van der Waals surface area contributed by atoms with E-state index in [0.717, 1.165) is 0 Å². The quantitative estimate of drug-likeness (QED) is 0.410. The fourth-order valence-corrected chi connectivity index (χ4v) is 2.79. The molecule has 0 aliphatic heterocycles. The van der Waals surface area contributed by atoms with Gasteiger partial charge in [-0.1, -0.05) is 13.8 Å². The average molecular weight is 493 g/mol. The number of carbonyl (C=O) groups is 3. The van der Waals surface area contributed by atoms with E-state index < -0.39 is 17.8 Å². The molecule has 0 saturated heterocycles. The molecule has 2 amide bonds. The molecule has 8 nitrogen and oxygen atoms in total. The maximum Gasteiger partial charge on any atom is 0.338 e. The molecule has 9 heteroatoms. The number of amides is 2. The lowest BCUT2D eigenvalue weighted by Gasteiger charge is -2.12. The summed E-state index contributed by atoms with van der Waals surface area (Å²) in [5, 5.41) is 0. The summed E-state index contributed by atoms with van der Waals surface area (Å²) in [6.07, 6.45) is 0. The molecule has 0 fully saturated rings. The summed E-state index contributed by atoms with van der Waals surface area (Å²) in [5.41, 5.74) is 5.35. The van der Waals surface area contributed by atoms with Crippen molar-refractivity contribution in [3.05, 3.63) is 58.1 Å². The first-order valence-electron chi connectivity index (χ1n) is 9.71. The van der Waals surface area contributed by atoms with Crippen LogP contribution in [0, 0.1) is 5.92 Å². The molecule has 0 spiro atoms. The molecule has 166 valence electrons. The normalized spacial score (nSPS) is 10.4. The highest BCUT2D eigenvalue weighted by Crippen LogP contribution is 2.26. The Kier molecular flexibility index (Phi) is 9.33. The summed E-state index contributed by atoms with van der Waals surface area (Å²) in [6.45, 7) is 6.34. The van der Waals surface area contributed by atoms with Gasteiger partial charge in [0.15, 0.2) is 6.61 Å². The van der Waals surface area contributed by atoms with E-state index in [4.69, 9.17) is 14.2 Å². The average Bonchev–Trinajstić information content (AvgIpc) is 2.75. The number of nitrogens with one attached hydrogen (secondary N) is 2. The molecule has 0 bridgehead atoms. The predicted octanol–water partition coefficient (Wildman–Crippen LogP) is 3.50. The molecule has 0 saturated carbocycles. The first-order chi connectivity index (χ1) is 14.8. The smallest absolute Gasteiger partial charge is 0.338 e. The Morgan fingerprint density at radius 3 is 2.26 bits per heavy atom. The van der Waals surface area contributed by atoms with E-state index in [-0.39, 0.29) is 13.2 Å². The van der Waals surface area contributed by atoms with Gasteiger partial charge < -0.3 is 14.2 Å². The zero-order valence-electron chi connectivity index (χ0n) is 17.6. The van der Waals surface area contributed by atoms with Crippen molar-refractivity contribution in [2.24, 2.45) is 5.92 Å². The van der Waals surface area contributed by atoms with Crippen molar-refractivity contribution in [3.63, 3.8) is 0 Å². The third-order valence-electron chi connectivity index (χ3n) is 3.82. The summed E-state index contributed by atoms with van der Waals surface area (Å²) in [7, 11) is 0. The van der Waals surface area contributed by atoms with Crippen LogP contribution < -0.4 is 20.3 Å². The van der Waals surface area contributed by atoms with Gasteiger partial charge in [-0.25, -0.2) is 4.79 Å². The maximum absolute atomic E-state index is 12.2. The summed E-state index contributed by atoms with van der Waals surface area (Å²) in [6, 6.07) is 11.1. The number of hydrogen-bond donors (Lipinski definition) is 2. The van der Waals surface area contributed by atoms with Crippen LogP contribution in [0.3, 0.4) is 0 Å². The van der Waals surface area contributed by atoms with Gasteiger partial charge in [0.1, 0.15) is 11.5 Å². The fourth-order valence-electron chi connectivity index (χ4n) is 2.30. The third kappa shape index (κ3) is 7.93. The van der Waals surface area contributed by atoms with Gasteiger partial charge in [-0.2, -0.15) is 0 Å². The van der Waals surface area contributed by atoms with Gasteiger partial charge in [0.25, 0.3) is 11.8 Å². The van der Waals surface area contributed by atoms with E-state index in [1.807, 2.05) is 13.8 Å². The number of carbonyl (C=O) groups excluding carboxylic acids is 3.